The highest BCUT2D eigenvalue weighted by Crippen LogP contribution is 2.41. The van der Waals surface area contributed by atoms with E-state index in [0.717, 1.165) is 25.7 Å². The summed E-state index contributed by atoms with van der Waals surface area (Å²) < 4.78 is 5.10. The van der Waals surface area contributed by atoms with Crippen molar-refractivity contribution in [1.29, 1.82) is 0 Å². The van der Waals surface area contributed by atoms with Crippen LogP contribution >= 0.6 is 11.6 Å². The van der Waals surface area contributed by atoms with Crippen molar-refractivity contribution < 1.29 is 19.1 Å². The van der Waals surface area contributed by atoms with Crippen LogP contribution in [0.15, 0.2) is 18.2 Å². The van der Waals surface area contributed by atoms with Gasteiger partial charge in [0.25, 0.3) is 5.91 Å². The Morgan fingerprint density at radius 2 is 1.97 bits per heavy atom. The van der Waals surface area contributed by atoms with E-state index in [9.17, 15) is 14.4 Å². The molecule has 2 atom stereocenters. The van der Waals surface area contributed by atoms with E-state index in [-0.39, 0.29) is 35.3 Å². The van der Waals surface area contributed by atoms with E-state index < -0.39 is 18.0 Å². The van der Waals surface area contributed by atoms with Crippen molar-refractivity contribution in [3.05, 3.63) is 28.8 Å². The van der Waals surface area contributed by atoms with Crippen LogP contribution in [0.3, 0.4) is 0 Å². The third kappa shape index (κ3) is 6.19. The molecule has 1 aliphatic carbocycles. The molecule has 3 rings (SSSR count). The third-order valence-electron chi connectivity index (χ3n) is 5.63. The minimum absolute atomic E-state index is 0.00360. The number of carbonyl (C=O) groups excluding carboxylic acids is 3. The molecule has 30 heavy (non-hydrogen) atoms. The van der Waals surface area contributed by atoms with Gasteiger partial charge in [0.15, 0.2) is 5.78 Å². The van der Waals surface area contributed by atoms with Crippen molar-refractivity contribution in [3.63, 3.8) is 0 Å². The fourth-order valence-electron chi connectivity index (χ4n) is 3.91. The van der Waals surface area contributed by atoms with Crippen molar-refractivity contribution in [3.8, 4) is 0 Å². The molecule has 8 heteroatoms. The molecule has 0 aromatic heterocycles. The average molecular weight is 438 g/mol. The molecule has 1 aliphatic heterocycles. The zero-order chi connectivity index (χ0) is 22.3. The standard InChI is InChI=1S/C20H26ClN3O4.C2H6/c1-20(6-2-3-7-20)9-15(19(27)24-16-10-28-11-17(16)25)23-18(26)12-4-5-14(22)13(21)8-12;1-2/h4-5,8,15-16H,2-3,6-7,9-11,22H2,1H3,(H,23,26)(H,24,27);1-2H3/t15?,16-;/m0./s1. The number of anilines is 1. The van der Waals surface area contributed by atoms with Crippen LogP contribution in [0.25, 0.3) is 0 Å². The minimum atomic E-state index is -0.750. The second-order valence-corrected chi connectivity index (χ2v) is 8.43. The van der Waals surface area contributed by atoms with Gasteiger partial charge in [-0.05, 0) is 42.9 Å². The topological polar surface area (TPSA) is 111 Å². The summed E-state index contributed by atoms with van der Waals surface area (Å²) in [6.45, 7) is 6.30. The molecular formula is C22H32ClN3O4. The predicted molar refractivity (Wildman–Crippen MR) is 117 cm³/mol. The molecule has 1 saturated heterocycles. The first-order chi connectivity index (χ1) is 14.3. The van der Waals surface area contributed by atoms with Gasteiger partial charge in [0, 0.05) is 5.56 Å². The van der Waals surface area contributed by atoms with Crippen LogP contribution in [0.2, 0.25) is 5.02 Å². The van der Waals surface area contributed by atoms with Crippen LogP contribution in [0.4, 0.5) is 5.69 Å². The van der Waals surface area contributed by atoms with E-state index in [1.54, 1.807) is 12.1 Å². The number of hydrogen-bond acceptors (Lipinski definition) is 5. The van der Waals surface area contributed by atoms with Crippen LogP contribution in [0.5, 0.6) is 0 Å². The number of ether oxygens (including phenoxy) is 1. The maximum atomic E-state index is 12.9. The van der Waals surface area contributed by atoms with Crippen molar-refractivity contribution in [1.82, 2.24) is 10.6 Å². The molecule has 0 bridgehead atoms. The highest BCUT2D eigenvalue weighted by molar-refractivity contribution is 6.33. The number of ketones is 1. The molecule has 1 heterocycles. The maximum Gasteiger partial charge on any atom is 0.251 e. The Morgan fingerprint density at radius 3 is 2.53 bits per heavy atom. The zero-order valence-corrected chi connectivity index (χ0v) is 18.7. The Hall–Kier alpha value is -2.12. The summed E-state index contributed by atoms with van der Waals surface area (Å²) in [6.07, 6.45) is 4.75. The monoisotopic (exact) mass is 437 g/mol. The molecule has 0 radical (unpaired) electrons. The normalized spacial score (nSPS) is 20.8. The Labute approximate surface area is 183 Å². The first-order valence-electron chi connectivity index (χ1n) is 10.5. The van der Waals surface area contributed by atoms with E-state index in [4.69, 9.17) is 22.1 Å². The summed E-state index contributed by atoms with van der Waals surface area (Å²) in [5.74, 6) is -0.930. The van der Waals surface area contributed by atoms with Gasteiger partial charge in [-0.25, -0.2) is 0 Å². The number of rotatable bonds is 6. The number of Topliss-reactive ketones (excluding diaryl/α,β-unsaturated/α-hetero) is 1. The minimum Gasteiger partial charge on any atom is -0.398 e. The van der Waals surface area contributed by atoms with Gasteiger partial charge in [-0.3, -0.25) is 14.4 Å². The molecule has 4 N–H and O–H groups in total. The summed E-state index contributed by atoms with van der Waals surface area (Å²) >= 11 is 6.01. The molecule has 2 amide bonds. The smallest absolute Gasteiger partial charge is 0.251 e. The largest absolute Gasteiger partial charge is 0.398 e. The van der Waals surface area contributed by atoms with Crippen molar-refractivity contribution in [2.45, 2.75) is 65.0 Å². The molecule has 1 aromatic rings. The summed E-state index contributed by atoms with van der Waals surface area (Å²) in [5.41, 5.74) is 6.38. The Morgan fingerprint density at radius 1 is 1.30 bits per heavy atom. The van der Waals surface area contributed by atoms with Crippen LogP contribution in [0.1, 0.15) is 63.2 Å². The maximum absolute atomic E-state index is 12.9. The fraction of sp³-hybridized carbons (Fsp3) is 0.591. The number of hydrogen-bond donors (Lipinski definition) is 3. The summed E-state index contributed by atoms with van der Waals surface area (Å²) in [4.78, 5) is 37.4. The van der Waals surface area contributed by atoms with Crippen molar-refractivity contribution >= 4 is 34.9 Å². The van der Waals surface area contributed by atoms with Gasteiger partial charge >= 0.3 is 0 Å². The van der Waals surface area contributed by atoms with Gasteiger partial charge in [0.2, 0.25) is 5.91 Å². The first-order valence-corrected chi connectivity index (χ1v) is 10.9. The third-order valence-corrected chi connectivity index (χ3v) is 5.95. The lowest BCUT2D eigenvalue weighted by atomic mass is 9.81. The quantitative estimate of drug-likeness (QED) is 0.592. The lowest BCUT2D eigenvalue weighted by Crippen LogP contribution is -2.52. The second-order valence-electron chi connectivity index (χ2n) is 8.03. The van der Waals surface area contributed by atoms with Gasteiger partial charge in [0.05, 0.1) is 17.3 Å². The van der Waals surface area contributed by atoms with Crippen LogP contribution in [-0.2, 0) is 14.3 Å². The van der Waals surface area contributed by atoms with Crippen LogP contribution in [-0.4, -0.2) is 42.9 Å². The Balaban J connectivity index is 0.00000155. The Bertz CT molecular complexity index is 778. The molecule has 1 aromatic carbocycles. The zero-order valence-electron chi connectivity index (χ0n) is 17.9. The number of nitrogen functional groups attached to an aromatic ring is 1. The van der Waals surface area contributed by atoms with Gasteiger partial charge in [-0.15, -0.1) is 0 Å². The highest BCUT2D eigenvalue weighted by Gasteiger charge is 2.37. The fourth-order valence-corrected chi connectivity index (χ4v) is 4.09. The van der Waals surface area contributed by atoms with E-state index in [2.05, 4.69) is 17.6 Å². The lowest BCUT2D eigenvalue weighted by molar-refractivity contribution is -0.127. The van der Waals surface area contributed by atoms with Gasteiger partial charge in [-0.2, -0.15) is 0 Å². The number of nitrogens with two attached hydrogens (primary N) is 1. The molecule has 7 nitrogen and oxygen atoms in total. The van der Waals surface area contributed by atoms with Gasteiger partial charge in [0.1, 0.15) is 18.7 Å². The number of amides is 2. The lowest BCUT2D eigenvalue weighted by Gasteiger charge is -2.29. The SMILES string of the molecule is CC.CC1(CC(NC(=O)c2ccc(N)c(Cl)c2)C(=O)N[C@H]2COCC2=O)CCCC1. The van der Waals surface area contributed by atoms with E-state index in [1.807, 2.05) is 13.8 Å². The molecule has 1 unspecified atom stereocenters. The Kier molecular flexibility index (Phi) is 8.67. The molecular weight excluding hydrogens is 406 g/mol. The molecule has 2 aliphatic rings. The van der Waals surface area contributed by atoms with Crippen LogP contribution < -0.4 is 16.4 Å². The van der Waals surface area contributed by atoms with Crippen molar-refractivity contribution in [2.75, 3.05) is 18.9 Å². The predicted octanol–water partition coefficient (Wildman–Crippen LogP) is 3.10. The number of nitrogens with one attached hydrogen (secondary N) is 2. The van der Waals surface area contributed by atoms with Crippen molar-refractivity contribution in [2.24, 2.45) is 5.41 Å². The van der Waals surface area contributed by atoms with Gasteiger partial charge < -0.3 is 21.1 Å². The number of halogens is 1. The van der Waals surface area contributed by atoms with E-state index in [1.165, 1.54) is 6.07 Å². The van der Waals surface area contributed by atoms with Gasteiger partial charge in [-0.1, -0.05) is 45.2 Å². The summed E-state index contributed by atoms with van der Waals surface area (Å²) in [6, 6.07) is 3.19. The second kappa shape index (κ2) is 10.8. The van der Waals surface area contributed by atoms with E-state index in [0.29, 0.717) is 17.7 Å². The number of benzene rings is 1. The molecule has 1 saturated carbocycles. The molecule has 2 fully saturated rings. The average Bonchev–Trinajstić information content (AvgIpc) is 3.33. The van der Waals surface area contributed by atoms with E-state index >= 15 is 0 Å². The first kappa shape index (κ1) is 24.2. The molecule has 0 spiro atoms. The summed E-state index contributed by atoms with van der Waals surface area (Å²) in [5, 5.41) is 5.82. The highest BCUT2D eigenvalue weighted by atomic mass is 35.5. The molecule has 166 valence electrons. The summed E-state index contributed by atoms with van der Waals surface area (Å²) in [7, 11) is 0. The van der Waals surface area contributed by atoms with Crippen LogP contribution in [0, 0.1) is 5.41 Å². The number of carbonyl (C=O) groups is 3.